The Kier molecular flexibility index (Phi) is 3.27. The number of nitrogens with one attached hydrogen (secondary N) is 2. The van der Waals surface area contributed by atoms with Crippen LogP contribution in [0.4, 0.5) is 5.69 Å². The number of nitrogen functional groups attached to an aromatic ring is 1. The zero-order chi connectivity index (χ0) is 13.1. The number of nitrogens with two attached hydrogens (primary N) is 1. The second-order valence-corrected chi connectivity index (χ2v) is 4.06. The number of benzene rings is 1. The minimum atomic E-state index is -0.685. The van der Waals surface area contributed by atoms with E-state index in [0.29, 0.717) is 17.7 Å². The third-order valence-corrected chi connectivity index (χ3v) is 2.75. The lowest BCUT2D eigenvalue weighted by Crippen LogP contribution is -2.52. The van der Waals surface area contributed by atoms with Crippen molar-refractivity contribution in [2.24, 2.45) is 0 Å². The highest BCUT2D eigenvalue weighted by Crippen LogP contribution is 2.12. The maximum absolute atomic E-state index is 11.9. The van der Waals surface area contributed by atoms with E-state index in [1.165, 1.54) is 0 Å². The van der Waals surface area contributed by atoms with Crippen LogP contribution in [-0.4, -0.2) is 23.8 Å². The van der Waals surface area contributed by atoms with Crippen LogP contribution in [0, 0.1) is 0 Å². The van der Waals surface area contributed by atoms with Crippen LogP contribution in [0.3, 0.4) is 0 Å². The first-order valence-corrected chi connectivity index (χ1v) is 5.57. The Morgan fingerprint density at radius 3 is 2.72 bits per heavy atom. The fourth-order valence-corrected chi connectivity index (χ4v) is 1.77. The molecule has 1 aliphatic rings. The second-order valence-electron chi connectivity index (χ2n) is 4.06. The molecule has 1 aliphatic heterocycles. The molecule has 94 valence electrons. The average Bonchev–Trinajstić information content (AvgIpc) is 2.33. The van der Waals surface area contributed by atoms with E-state index in [-0.39, 0.29) is 12.3 Å². The molecule has 0 radical (unpaired) electrons. The lowest BCUT2D eigenvalue weighted by molar-refractivity contribution is -0.134. The van der Waals surface area contributed by atoms with E-state index in [2.05, 4.69) is 10.6 Å². The van der Waals surface area contributed by atoms with E-state index < -0.39 is 17.9 Å². The van der Waals surface area contributed by atoms with Crippen LogP contribution in [0.1, 0.15) is 23.2 Å². The summed E-state index contributed by atoms with van der Waals surface area (Å²) < 4.78 is 0. The van der Waals surface area contributed by atoms with Gasteiger partial charge in [0.2, 0.25) is 11.8 Å². The Labute approximate surface area is 104 Å². The van der Waals surface area contributed by atoms with Gasteiger partial charge in [-0.2, -0.15) is 0 Å². The lowest BCUT2D eigenvalue weighted by atomic mass is 10.1. The highest BCUT2D eigenvalue weighted by molar-refractivity contribution is 6.05. The number of piperidine rings is 1. The molecule has 3 amide bonds. The number of carbonyl (C=O) groups is 3. The molecule has 6 heteroatoms. The maximum Gasteiger partial charge on any atom is 0.254 e. The molecule has 0 aliphatic carbocycles. The summed E-state index contributed by atoms with van der Waals surface area (Å²) in [7, 11) is 0. The molecule has 2 rings (SSSR count). The van der Waals surface area contributed by atoms with Crippen molar-refractivity contribution in [3.8, 4) is 0 Å². The molecule has 1 fully saturated rings. The van der Waals surface area contributed by atoms with E-state index >= 15 is 0 Å². The number of hydrogen-bond donors (Lipinski definition) is 3. The van der Waals surface area contributed by atoms with Crippen molar-refractivity contribution in [1.82, 2.24) is 10.6 Å². The molecule has 0 bridgehead atoms. The van der Waals surface area contributed by atoms with Crippen molar-refractivity contribution in [3.63, 3.8) is 0 Å². The molecule has 4 N–H and O–H groups in total. The number of para-hydroxylation sites is 1. The Hall–Kier alpha value is -2.37. The monoisotopic (exact) mass is 247 g/mol. The standard InChI is InChI=1S/C12H13N3O3/c13-8-4-2-1-3-7(8)11(17)14-9-5-6-10(16)15-12(9)18/h1-4,9H,5-6,13H2,(H,14,17)(H,15,16,18)/t9-/m1/s1. The van der Waals surface area contributed by atoms with Gasteiger partial charge in [0, 0.05) is 12.1 Å². The van der Waals surface area contributed by atoms with E-state index in [1.54, 1.807) is 24.3 Å². The first-order valence-electron chi connectivity index (χ1n) is 5.57. The number of anilines is 1. The van der Waals surface area contributed by atoms with Crippen LogP contribution >= 0.6 is 0 Å². The summed E-state index contributed by atoms with van der Waals surface area (Å²) in [5.41, 5.74) is 6.34. The van der Waals surface area contributed by atoms with Gasteiger partial charge in [-0.1, -0.05) is 12.1 Å². The minimum Gasteiger partial charge on any atom is -0.398 e. The maximum atomic E-state index is 11.9. The summed E-state index contributed by atoms with van der Waals surface area (Å²) in [5.74, 6) is -1.21. The fourth-order valence-electron chi connectivity index (χ4n) is 1.77. The summed E-state index contributed by atoms with van der Waals surface area (Å²) in [6.07, 6.45) is 0.532. The second kappa shape index (κ2) is 4.87. The quantitative estimate of drug-likeness (QED) is 0.497. The molecule has 1 aromatic rings. The van der Waals surface area contributed by atoms with Crippen molar-refractivity contribution in [2.75, 3.05) is 5.73 Å². The van der Waals surface area contributed by atoms with E-state index in [4.69, 9.17) is 5.73 Å². The van der Waals surface area contributed by atoms with Crippen LogP contribution < -0.4 is 16.4 Å². The molecule has 1 saturated heterocycles. The van der Waals surface area contributed by atoms with Gasteiger partial charge >= 0.3 is 0 Å². The lowest BCUT2D eigenvalue weighted by Gasteiger charge is -2.22. The van der Waals surface area contributed by atoms with Crippen molar-refractivity contribution < 1.29 is 14.4 Å². The van der Waals surface area contributed by atoms with E-state index in [0.717, 1.165) is 0 Å². The SMILES string of the molecule is Nc1ccccc1C(=O)N[C@@H]1CCC(=O)NC1=O. The van der Waals surface area contributed by atoms with Crippen LogP contribution in [0.15, 0.2) is 24.3 Å². The normalized spacial score (nSPS) is 19.2. The fraction of sp³-hybridized carbons (Fsp3) is 0.250. The molecule has 0 unspecified atom stereocenters. The molecule has 0 aromatic heterocycles. The van der Waals surface area contributed by atoms with Gasteiger partial charge in [-0.15, -0.1) is 0 Å². The Balaban J connectivity index is 2.06. The molecule has 1 aromatic carbocycles. The van der Waals surface area contributed by atoms with Crippen LogP contribution in [0.5, 0.6) is 0 Å². The first-order chi connectivity index (χ1) is 8.58. The number of hydrogen-bond acceptors (Lipinski definition) is 4. The van der Waals surface area contributed by atoms with Crippen molar-refractivity contribution in [2.45, 2.75) is 18.9 Å². The van der Waals surface area contributed by atoms with Crippen LogP contribution in [0.2, 0.25) is 0 Å². The Bertz CT molecular complexity index is 513. The number of rotatable bonds is 2. The van der Waals surface area contributed by atoms with Gasteiger partial charge in [-0.3, -0.25) is 19.7 Å². The van der Waals surface area contributed by atoms with E-state index in [9.17, 15) is 14.4 Å². The molecule has 6 nitrogen and oxygen atoms in total. The topological polar surface area (TPSA) is 101 Å². The van der Waals surface area contributed by atoms with Gasteiger partial charge in [0.25, 0.3) is 5.91 Å². The predicted molar refractivity (Wildman–Crippen MR) is 64.5 cm³/mol. The zero-order valence-corrected chi connectivity index (χ0v) is 9.60. The molecule has 18 heavy (non-hydrogen) atoms. The van der Waals surface area contributed by atoms with Crippen molar-refractivity contribution in [3.05, 3.63) is 29.8 Å². The van der Waals surface area contributed by atoms with Crippen molar-refractivity contribution in [1.29, 1.82) is 0 Å². The molecule has 1 atom stereocenters. The number of amides is 3. The minimum absolute atomic E-state index is 0.223. The summed E-state index contributed by atoms with van der Waals surface area (Å²) >= 11 is 0. The van der Waals surface area contributed by atoms with Gasteiger partial charge in [0.05, 0.1) is 5.56 Å². The molecule has 1 heterocycles. The number of imide groups is 1. The summed E-state index contributed by atoms with van der Waals surface area (Å²) in [6, 6.07) is 5.92. The van der Waals surface area contributed by atoms with E-state index in [1.807, 2.05) is 0 Å². The Morgan fingerprint density at radius 2 is 2.06 bits per heavy atom. The van der Waals surface area contributed by atoms with Gasteiger partial charge in [0.15, 0.2) is 0 Å². The highest BCUT2D eigenvalue weighted by Gasteiger charge is 2.28. The zero-order valence-electron chi connectivity index (χ0n) is 9.60. The molecule has 0 spiro atoms. The van der Waals surface area contributed by atoms with Gasteiger partial charge in [0.1, 0.15) is 6.04 Å². The highest BCUT2D eigenvalue weighted by atomic mass is 16.2. The molecular weight excluding hydrogens is 234 g/mol. The Morgan fingerprint density at radius 1 is 1.33 bits per heavy atom. The smallest absolute Gasteiger partial charge is 0.254 e. The van der Waals surface area contributed by atoms with Crippen molar-refractivity contribution >= 4 is 23.4 Å². The summed E-state index contributed by atoms with van der Waals surface area (Å²) in [4.78, 5) is 34.3. The first kappa shape index (κ1) is 12.1. The molecular formula is C12H13N3O3. The number of carbonyl (C=O) groups excluding carboxylic acids is 3. The predicted octanol–water partition coefficient (Wildman–Crippen LogP) is -0.196. The average molecular weight is 247 g/mol. The van der Waals surface area contributed by atoms with Gasteiger partial charge in [-0.25, -0.2) is 0 Å². The summed E-state index contributed by atoms with van der Waals surface area (Å²) in [6.45, 7) is 0. The van der Waals surface area contributed by atoms with Gasteiger partial charge < -0.3 is 11.1 Å². The largest absolute Gasteiger partial charge is 0.398 e. The summed E-state index contributed by atoms with van der Waals surface area (Å²) in [5, 5.41) is 4.74. The van der Waals surface area contributed by atoms with Crippen LogP contribution in [-0.2, 0) is 9.59 Å². The van der Waals surface area contributed by atoms with Crippen LogP contribution in [0.25, 0.3) is 0 Å². The molecule has 0 saturated carbocycles. The van der Waals surface area contributed by atoms with Gasteiger partial charge in [-0.05, 0) is 18.6 Å². The third-order valence-electron chi connectivity index (χ3n) is 2.75. The third kappa shape index (κ3) is 2.48.